The normalized spacial score (nSPS) is 23.8. The van der Waals surface area contributed by atoms with Crippen molar-refractivity contribution in [3.63, 3.8) is 0 Å². The molecule has 7 heteroatoms. The molecule has 0 spiro atoms. The molecule has 1 unspecified atom stereocenters. The van der Waals surface area contributed by atoms with E-state index in [9.17, 15) is 13.2 Å². The molecule has 0 aromatic rings. The van der Waals surface area contributed by atoms with Gasteiger partial charge in [0, 0.05) is 32.2 Å². The van der Waals surface area contributed by atoms with E-state index < -0.39 is 10.0 Å². The van der Waals surface area contributed by atoms with Crippen LogP contribution in [0.1, 0.15) is 32.1 Å². The number of nitrogens with one attached hydrogen (secondary N) is 1. The van der Waals surface area contributed by atoms with Crippen LogP contribution in [0.5, 0.6) is 0 Å². The van der Waals surface area contributed by atoms with E-state index in [-0.39, 0.29) is 17.9 Å². The Morgan fingerprint density at radius 3 is 2.55 bits per heavy atom. The first-order valence-corrected chi connectivity index (χ1v) is 9.16. The molecule has 116 valence electrons. The molecule has 2 rings (SSSR count). The van der Waals surface area contributed by atoms with Crippen molar-refractivity contribution in [3.05, 3.63) is 0 Å². The Bertz CT molecular complexity index is 428. The summed E-state index contributed by atoms with van der Waals surface area (Å²) in [7, 11) is -3.26. The Hall–Kier alpha value is -0.660. The zero-order chi connectivity index (χ0) is 14.6. The van der Waals surface area contributed by atoms with Crippen molar-refractivity contribution in [2.45, 2.75) is 38.2 Å². The van der Waals surface area contributed by atoms with Gasteiger partial charge >= 0.3 is 0 Å². The van der Waals surface area contributed by atoms with Crippen molar-refractivity contribution < 1.29 is 17.9 Å². The number of hydrogen-bond acceptors (Lipinski definition) is 4. The molecule has 0 radical (unpaired) electrons. The van der Waals surface area contributed by atoms with Gasteiger partial charge in [-0.05, 0) is 25.7 Å². The van der Waals surface area contributed by atoms with Crippen molar-refractivity contribution >= 4 is 15.9 Å². The monoisotopic (exact) mass is 304 g/mol. The first kappa shape index (κ1) is 15.7. The molecule has 2 aliphatic rings. The van der Waals surface area contributed by atoms with Gasteiger partial charge in [-0.3, -0.25) is 4.79 Å². The Kier molecular flexibility index (Phi) is 5.40. The summed E-state index contributed by atoms with van der Waals surface area (Å²) >= 11 is 0. The summed E-state index contributed by atoms with van der Waals surface area (Å²) in [6.07, 6.45) is 6.12. The van der Waals surface area contributed by atoms with E-state index in [1.807, 2.05) is 0 Å². The average molecular weight is 304 g/mol. The predicted molar refractivity (Wildman–Crippen MR) is 75.7 cm³/mol. The Morgan fingerprint density at radius 2 is 2.05 bits per heavy atom. The van der Waals surface area contributed by atoms with E-state index in [0.717, 1.165) is 32.1 Å². The van der Waals surface area contributed by atoms with Gasteiger partial charge in [-0.25, -0.2) is 8.42 Å². The predicted octanol–water partition coefficient (Wildman–Crippen LogP) is 0.343. The lowest BCUT2D eigenvalue weighted by Crippen LogP contribution is -2.43. The lowest BCUT2D eigenvalue weighted by atomic mass is 9.85. The van der Waals surface area contributed by atoms with E-state index >= 15 is 0 Å². The Labute approximate surface area is 120 Å². The number of carbonyl (C=O) groups excluding carboxylic acids is 1. The highest BCUT2D eigenvalue weighted by Crippen LogP contribution is 2.26. The van der Waals surface area contributed by atoms with Gasteiger partial charge in [0.05, 0.1) is 12.4 Å². The van der Waals surface area contributed by atoms with Crippen LogP contribution < -0.4 is 5.32 Å². The second-order valence-electron chi connectivity index (χ2n) is 5.67. The van der Waals surface area contributed by atoms with Gasteiger partial charge in [-0.1, -0.05) is 6.42 Å². The maximum atomic E-state index is 11.8. The van der Waals surface area contributed by atoms with Crippen LogP contribution in [0.3, 0.4) is 0 Å². The molecule has 0 aromatic heterocycles. The molecule has 2 fully saturated rings. The Morgan fingerprint density at radius 1 is 1.30 bits per heavy atom. The minimum Gasteiger partial charge on any atom is -0.377 e. The smallest absolute Gasteiger partial charge is 0.223 e. The zero-order valence-corrected chi connectivity index (χ0v) is 12.8. The first-order chi connectivity index (χ1) is 9.47. The SMILES string of the molecule is CS(=O)(=O)N(CCNC(=O)C1CCC1)CC1CCCO1. The van der Waals surface area contributed by atoms with E-state index in [0.29, 0.717) is 26.2 Å². The average Bonchev–Trinajstić information content (AvgIpc) is 2.76. The van der Waals surface area contributed by atoms with Crippen molar-refractivity contribution in [2.24, 2.45) is 5.92 Å². The van der Waals surface area contributed by atoms with E-state index in [1.165, 1.54) is 10.6 Å². The molecule has 1 aliphatic carbocycles. The molecule has 0 bridgehead atoms. The molecular weight excluding hydrogens is 280 g/mol. The van der Waals surface area contributed by atoms with Crippen LogP contribution in [0.4, 0.5) is 0 Å². The molecule has 1 saturated carbocycles. The third kappa shape index (κ3) is 4.43. The van der Waals surface area contributed by atoms with Crippen molar-refractivity contribution in [1.82, 2.24) is 9.62 Å². The van der Waals surface area contributed by atoms with E-state index in [4.69, 9.17) is 4.74 Å². The molecule has 6 nitrogen and oxygen atoms in total. The van der Waals surface area contributed by atoms with E-state index in [1.54, 1.807) is 0 Å². The summed E-state index contributed by atoms with van der Waals surface area (Å²) in [4.78, 5) is 11.7. The second kappa shape index (κ2) is 6.87. The number of sulfonamides is 1. The molecule has 1 saturated heterocycles. The van der Waals surface area contributed by atoms with Crippen LogP contribution in [0.25, 0.3) is 0 Å². The standard InChI is InChI=1S/C13H24N2O4S/c1-20(17,18)15(10-12-6-3-9-19-12)8-7-14-13(16)11-4-2-5-11/h11-12H,2-10H2,1H3,(H,14,16). The summed E-state index contributed by atoms with van der Waals surface area (Å²) in [5, 5.41) is 2.83. The summed E-state index contributed by atoms with van der Waals surface area (Å²) in [6, 6.07) is 0. The molecule has 1 N–H and O–H groups in total. The molecule has 1 heterocycles. The summed E-state index contributed by atoms with van der Waals surface area (Å²) in [6.45, 7) is 1.78. The fraction of sp³-hybridized carbons (Fsp3) is 0.923. The zero-order valence-electron chi connectivity index (χ0n) is 12.0. The van der Waals surface area contributed by atoms with Gasteiger partial charge < -0.3 is 10.1 Å². The Balaban J connectivity index is 1.76. The number of carbonyl (C=O) groups is 1. The van der Waals surface area contributed by atoms with Gasteiger partial charge in [-0.15, -0.1) is 0 Å². The van der Waals surface area contributed by atoms with Crippen LogP contribution in [0.2, 0.25) is 0 Å². The van der Waals surface area contributed by atoms with Crippen molar-refractivity contribution in [3.8, 4) is 0 Å². The quantitative estimate of drug-likeness (QED) is 0.736. The third-order valence-corrected chi connectivity index (χ3v) is 5.31. The minimum absolute atomic E-state index is 0.00735. The topological polar surface area (TPSA) is 75.7 Å². The molecule has 1 aliphatic heterocycles. The molecule has 0 aromatic carbocycles. The summed E-state index contributed by atoms with van der Waals surface area (Å²) in [5.74, 6) is 0.196. The van der Waals surface area contributed by atoms with Gasteiger partial charge in [0.1, 0.15) is 0 Å². The van der Waals surface area contributed by atoms with Gasteiger partial charge in [0.25, 0.3) is 0 Å². The number of amides is 1. The largest absolute Gasteiger partial charge is 0.377 e. The number of nitrogens with zero attached hydrogens (tertiary/aromatic N) is 1. The minimum atomic E-state index is -3.26. The lowest BCUT2D eigenvalue weighted by molar-refractivity contribution is -0.127. The maximum Gasteiger partial charge on any atom is 0.223 e. The first-order valence-electron chi connectivity index (χ1n) is 7.31. The van der Waals surface area contributed by atoms with Crippen LogP contribution in [0.15, 0.2) is 0 Å². The maximum absolute atomic E-state index is 11.8. The van der Waals surface area contributed by atoms with Crippen LogP contribution in [0, 0.1) is 5.92 Å². The second-order valence-corrected chi connectivity index (χ2v) is 7.66. The summed E-state index contributed by atoms with van der Waals surface area (Å²) in [5.41, 5.74) is 0. The van der Waals surface area contributed by atoms with Crippen molar-refractivity contribution in [1.29, 1.82) is 0 Å². The van der Waals surface area contributed by atoms with Crippen molar-refractivity contribution in [2.75, 3.05) is 32.5 Å². The fourth-order valence-corrected chi connectivity index (χ4v) is 3.39. The van der Waals surface area contributed by atoms with E-state index in [2.05, 4.69) is 5.32 Å². The van der Waals surface area contributed by atoms with Gasteiger partial charge in [0.2, 0.25) is 15.9 Å². The van der Waals surface area contributed by atoms with Crippen LogP contribution in [-0.2, 0) is 19.6 Å². The number of hydrogen-bond donors (Lipinski definition) is 1. The molecule has 1 atom stereocenters. The van der Waals surface area contributed by atoms with Gasteiger partial charge in [0.15, 0.2) is 0 Å². The van der Waals surface area contributed by atoms with Crippen LogP contribution >= 0.6 is 0 Å². The highest BCUT2D eigenvalue weighted by Gasteiger charge is 2.27. The van der Waals surface area contributed by atoms with Gasteiger partial charge in [-0.2, -0.15) is 4.31 Å². The third-order valence-electron chi connectivity index (χ3n) is 4.04. The highest BCUT2D eigenvalue weighted by molar-refractivity contribution is 7.88. The number of ether oxygens (including phenoxy) is 1. The molecule has 20 heavy (non-hydrogen) atoms. The summed E-state index contributed by atoms with van der Waals surface area (Å²) < 4.78 is 30.4. The fourth-order valence-electron chi connectivity index (χ4n) is 2.53. The lowest BCUT2D eigenvalue weighted by Gasteiger charge is -2.26. The molecular formula is C13H24N2O4S. The molecule has 1 amide bonds. The van der Waals surface area contributed by atoms with Crippen LogP contribution in [-0.4, -0.2) is 57.2 Å². The number of rotatable bonds is 7. The highest BCUT2D eigenvalue weighted by atomic mass is 32.2.